The quantitative estimate of drug-likeness (QED) is 0.366. The van der Waals surface area contributed by atoms with Gasteiger partial charge in [0.25, 0.3) is 5.91 Å². The molecule has 32 heavy (non-hydrogen) atoms. The lowest BCUT2D eigenvalue weighted by Gasteiger charge is -2.34. The third kappa shape index (κ3) is 4.38. The number of benzene rings is 3. The molecule has 0 saturated carbocycles. The Morgan fingerprint density at radius 3 is 2.34 bits per heavy atom. The first-order valence-electron chi connectivity index (χ1n) is 10.8. The molecule has 0 unspecified atom stereocenters. The average molecular weight is 460 g/mol. The number of carbonyl (C=O) groups is 1. The minimum absolute atomic E-state index is 0.116. The number of thioether (sulfide) groups is 1. The first kappa shape index (κ1) is 21.0. The summed E-state index contributed by atoms with van der Waals surface area (Å²) in [6, 6.07) is 24.8. The minimum atomic E-state index is 0.116. The van der Waals surface area contributed by atoms with Crippen molar-refractivity contribution in [3.05, 3.63) is 89.5 Å². The number of thiazole rings is 1. The van der Waals surface area contributed by atoms with Crippen molar-refractivity contribution >= 4 is 44.4 Å². The summed E-state index contributed by atoms with van der Waals surface area (Å²) in [5, 5.41) is 1.05. The van der Waals surface area contributed by atoms with Gasteiger partial charge in [-0.2, -0.15) is 0 Å². The van der Waals surface area contributed by atoms with Gasteiger partial charge in [-0.15, -0.1) is 11.8 Å². The normalized spacial score (nSPS) is 14.2. The molecule has 6 heteroatoms. The molecule has 4 nitrogen and oxygen atoms in total. The summed E-state index contributed by atoms with van der Waals surface area (Å²) in [7, 11) is 0. The predicted molar refractivity (Wildman–Crippen MR) is 135 cm³/mol. The Labute approximate surface area is 196 Å². The van der Waals surface area contributed by atoms with Crippen molar-refractivity contribution in [2.24, 2.45) is 0 Å². The van der Waals surface area contributed by atoms with E-state index in [-0.39, 0.29) is 5.91 Å². The second-order valence-electron chi connectivity index (χ2n) is 7.94. The summed E-state index contributed by atoms with van der Waals surface area (Å²) in [5.74, 6) is 0.116. The van der Waals surface area contributed by atoms with Crippen LogP contribution in [0, 0.1) is 0 Å². The Hall–Kier alpha value is -2.83. The van der Waals surface area contributed by atoms with Crippen LogP contribution in [0.1, 0.15) is 21.5 Å². The number of anilines is 1. The van der Waals surface area contributed by atoms with Crippen LogP contribution in [0.5, 0.6) is 0 Å². The fourth-order valence-corrected chi connectivity index (χ4v) is 5.76. The van der Waals surface area contributed by atoms with E-state index in [4.69, 9.17) is 4.98 Å². The summed E-state index contributed by atoms with van der Waals surface area (Å²) in [5.41, 5.74) is 4.36. The van der Waals surface area contributed by atoms with Crippen LogP contribution in [0.25, 0.3) is 10.2 Å². The molecule has 1 fully saturated rings. The Bertz CT molecular complexity index is 1210. The summed E-state index contributed by atoms with van der Waals surface area (Å²) < 4.78 is 1.22. The van der Waals surface area contributed by atoms with E-state index >= 15 is 0 Å². The Morgan fingerprint density at radius 2 is 1.62 bits per heavy atom. The molecule has 4 aromatic rings. The topological polar surface area (TPSA) is 36.4 Å². The van der Waals surface area contributed by atoms with Crippen molar-refractivity contribution in [2.45, 2.75) is 11.3 Å². The lowest BCUT2D eigenvalue weighted by molar-refractivity contribution is 0.0747. The highest BCUT2D eigenvalue weighted by Gasteiger charge is 2.24. The molecule has 2 heterocycles. The molecule has 1 aliphatic heterocycles. The number of fused-ring (bicyclic) bond motifs is 1. The highest BCUT2D eigenvalue weighted by molar-refractivity contribution is 7.98. The van der Waals surface area contributed by atoms with E-state index in [1.165, 1.54) is 20.7 Å². The Morgan fingerprint density at radius 1 is 0.906 bits per heavy atom. The number of para-hydroxylation sites is 1. The maximum atomic E-state index is 13.0. The van der Waals surface area contributed by atoms with Gasteiger partial charge in [-0.3, -0.25) is 4.79 Å². The van der Waals surface area contributed by atoms with Crippen molar-refractivity contribution in [2.75, 3.05) is 37.3 Å². The molecular weight excluding hydrogens is 434 g/mol. The zero-order valence-electron chi connectivity index (χ0n) is 18.0. The second kappa shape index (κ2) is 9.35. The molecule has 1 amide bonds. The number of rotatable bonds is 5. The fraction of sp³-hybridized carbons (Fsp3) is 0.231. The maximum absolute atomic E-state index is 13.0. The van der Waals surface area contributed by atoms with Gasteiger partial charge in [0.05, 0.1) is 10.2 Å². The number of hydrogen-bond donors (Lipinski definition) is 0. The van der Waals surface area contributed by atoms with Crippen LogP contribution in [0.15, 0.2) is 77.7 Å². The van der Waals surface area contributed by atoms with Gasteiger partial charge in [0.1, 0.15) is 0 Å². The molecule has 3 aromatic carbocycles. The van der Waals surface area contributed by atoms with E-state index in [1.54, 1.807) is 23.1 Å². The van der Waals surface area contributed by atoms with Crippen LogP contribution < -0.4 is 4.90 Å². The predicted octanol–water partition coefficient (Wildman–Crippen LogP) is 5.57. The van der Waals surface area contributed by atoms with Crippen molar-refractivity contribution in [1.29, 1.82) is 0 Å². The molecule has 1 aliphatic rings. The Kier molecular flexibility index (Phi) is 6.14. The van der Waals surface area contributed by atoms with Crippen LogP contribution >= 0.6 is 23.1 Å². The van der Waals surface area contributed by atoms with Crippen molar-refractivity contribution in [3.63, 3.8) is 0 Å². The number of piperazine rings is 1. The lowest BCUT2D eigenvalue weighted by Crippen LogP contribution is -2.48. The van der Waals surface area contributed by atoms with Gasteiger partial charge in [-0.05, 0) is 48.1 Å². The molecule has 0 N–H and O–H groups in total. The minimum Gasteiger partial charge on any atom is -0.345 e. The number of amides is 1. The highest BCUT2D eigenvalue weighted by atomic mass is 32.2. The fourth-order valence-electron chi connectivity index (χ4n) is 4.09. The van der Waals surface area contributed by atoms with Gasteiger partial charge in [0.2, 0.25) is 0 Å². The number of carbonyl (C=O) groups excluding carboxylic acids is 1. The van der Waals surface area contributed by atoms with Crippen molar-refractivity contribution in [1.82, 2.24) is 9.88 Å². The monoisotopic (exact) mass is 459 g/mol. The van der Waals surface area contributed by atoms with Crippen molar-refractivity contribution in [3.8, 4) is 0 Å². The molecule has 0 aliphatic carbocycles. The largest absolute Gasteiger partial charge is 0.345 e. The van der Waals surface area contributed by atoms with Crippen LogP contribution in [0.4, 0.5) is 5.13 Å². The zero-order valence-corrected chi connectivity index (χ0v) is 19.7. The molecular formula is C26H25N3OS2. The maximum Gasteiger partial charge on any atom is 0.253 e. The summed E-state index contributed by atoms with van der Waals surface area (Å²) >= 11 is 3.47. The first-order valence-corrected chi connectivity index (χ1v) is 12.9. The van der Waals surface area contributed by atoms with Gasteiger partial charge >= 0.3 is 0 Å². The van der Waals surface area contributed by atoms with E-state index in [2.05, 4.69) is 65.8 Å². The average Bonchev–Trinajstić information content (AvgIpc) is 3.29. The number of aromatic nitrogens is 1. The van der Waals surface area contributed by atoms with Gasteiger partial charge in [0, 0.05) is 36.6 Å². The molecule has 0 spiro atoms. The number of hydrogen-bond acceptors (Lipinski definition) is 5. The molecule has 162 valence electrons. The van der Waals surface area contributed by atoms with Gasteiger partial charge in [-0.25, -0.2) is 4.98 Å². The number of nitrogens with zero attached hydrogens (tertiary/aromatic N) is 3. The van der Waals surface area contributed by atoms with E-state index in [9.17, 15) is 4.79 Å². The van der Waals surface area contributed by atoms with Gasteiger partial charge in [0.15, 0.2) is 5.13 Å². The molecule has 0 atom stereocenters. The van der Waals surface area contributed by atoms with Gasteiger partial charge in [-0.1, -0.05) is 59.9 Å². The van der Waals surface area contributed by atoms with Crippen molar-refractivity contribution < 1.29 is 4.79 Å². The SMILES string of the molecule is CSc1cccc2sc(N3CCN(C(=O)c4ccc(Cc5ccccc5)cc4)CC3)nc12. The van der Waals surface area contributed by atoms with E-state index in [1.807, 2.05) is 23.1 Å². The van der Waals surface area contributed by atoms with Crippen LogP contribution in [0.3, 0.4) is 0 Å². The molecule has 1 aromatic heterocycles. The van der Waals surface area contributed by atoms with Crippen LogP contribution in [0.2, 0.25) is 0 Å². The third-order valence-electron chi connectivity index (χ3n) is 5.88. The second-order valence-corrected chi connectivity index (χ2v) is 9.80. The van der Waals surface area contributed by atoms with Crippen LogP contribution in [-0.2, 0) is 6.42 Å². The highest BCUT2D eigenvalue weighted by Crippen LogP contribution is 2.34. The van der Waals surface area contributed by atoms with Gasteiger partial charge < -0.3 is 9.80 Å². The standard InChI is InChI=1S/C26H25N3OS2/c1-31-22-8-5-9-23-24(22)27-26(32-23)29-16-14-28(15-17-29)25(30)21-12-10-20(11-13-21)18-19-6-3-2-4-7-19/h2-13H,14-18H2,1H3. The summed E-state index contributed by atoms with van der Waals surface area (Å²) in [6.45, 7) is 3.06. The van der Waals surface area contributed by atoms with E-state index in [0.29, 0.717) is 0 Å². The zero-order chi connectivity index (χ0) is 21.9. The lowest BCUT2D eigenvalue weighted by atomic mass is 10.0. The summed E-state index contributed by atoms with van der Waals surface area (Å²) in [4.78, 5) is 23.4. The smallest absolute Gasteiger partial charge is 0.253 e. The first-order chi connectivity index (χ1) is 15.7. The van der Waals surface area contributed by atoms with Crippen LogP contribution in [-0.4, -0.2) is 48.2 Å². The summed E-state index contributed by atoms with van der Waals surface area (Å²) in [6.07, 6.45) is 2.97. The molecule has 0 bridgehead atoms. The molecule has 5 rings (SSSR count). The molecule has 0 radical (unpaired) electrons. The van der Waals surface area contributed by atoms with E-state index in [0.717, 1.165) is 48.8 Å². The van der Waals surface area contributed by atoms with E-state index < -0.39 is 0 Å². The third-order valence-corrected chi connectivity index (χ3v) is 7.73. The Balaban J connectivity index is 1.22. The molecule has 1 saturated heterocycles.